The lowest BCUT2D eigenvalue weighted by atomic mass is 9.49. The highest BCUT2D eigenvalue weighted by Crippen LogP contribution is 2.59. The van der Waals surface area contributed by atoms with Crippen LogP contribution in [-0.4, -0.2) is 39.2 Å². The van der Waals surface area contributed by atoms with E-state index in [1.165, 1.54) is 50.7 Å². The van der Waals surface area contributed by atoms with Crippen LogP contribution in [0.25, 0.3) is 0 Å². The van der Waals surface area contributed by atoms with Crippen molar-refractivity contribution in [2.75, 3.05) is 18.9 Å². The van der Waals surface area contributed by atoms with Crippen LogP contribution in [0.3, 0.4) is 0 Å². The maximum absolute atomic E-state index is 12.2. The monoisotopic (exact) mass is 419 g/mol. The number of benzene rings is 1. The van der Waals surface area contributed by atoms with Gasteiger partial charge in [-0.05, 0) is 73.8 Å². The third-order valence-electron chi connectivity index (χ3n) is 6.87. The second kappa shape index (κ2) is 8.09. The van der Waals surface area contributed by atoms with Gasteiger partial charge in [-0.3, -0.25) is 9.59 Å². The van der Waals surface area contributed by atoms with Gasteiger partial charge in [-0.25, -0.2) is 8.42 Å². The normalized spacial score (nSPS) is 30.1. The molecule has 0 aromatic heterocycles. The van der Waals surface area contributed by atoms with Crippen molar-refractivity contribution in [1.29, 1.82) is 0 Å². The second-order valence-electron chi connectivity index (χ2n) is 9.24. The van der Waals surface area contributed by atoms with Gasteiger partial charge in [0.15, 0.2) is 16.4 Å². The molecule has 6 nitrogen and oxygen atoms in total. The summed E-state index contributed by atoms with van der Waals surface area (Å²) in [6.45, 7) is 0.311. The van der Waals surface area contributed by atoms with Crippen molar-refractivity contribution in [3.63, 3.8) is 0 Å². The minimum absolute atomic E-state index is 0.182. The van der Waals surface area contributed by atoms with Gasteiger partial charge in [0.1, 0.15) is 0 Å². The number of rotatable bonds is 8. The van der Waals surface area contributed by atoms with E-state index in [0.717, 1.165) is 17.8 Å². The number of amides is 1. The van der Waals surface area contributed by atoms with E-state index in [2.05, 4.69) is 5.32 Å². The zero-order chi connectivity index (χ0) is 20.5. The predicted octanol–water partition coefficient (Wildman–Crippen LogP) is 2.73. The van der Waals surface area contributed by atoms with E-state index in [4.69, 9.17) is 4.74 Å². The molecule has 0 aliphatic heterocycles. The molecule has 0 heterocycles. The Labute approximate surface area is 172 Å². The maximum Gasteiger partial charge on any atom is 0.307 e. The first-order valence-corrected chi connectivity index (χ1v) is 12.2. The summed E-state index contributed by atoms with van der Waals surface area (Å²) >= 11 is 0. The van der Waals surface area contributed by atoms with E-state index in [1.54, 1.807) is 18.2 Å². The Kier molecular flexibility index (Phi) is 5.69. The van der Waals surface area contributed by atoms with Crippen LogP contribution in [0, 0.1) is 23.2 Å². The van der Waals surface area contributed by atoms with Crippen molar-refractivity contribution in [3.8, 4) is 0 Å². The Morgan fingerprint density at radius 3 is 2.17 bits per heavy atom. The summed E-state index contributed by atoms with van der Waals surface area (Å²) in [5.41, 5.74) is 0.234. The summed E-state index contributed by atoms with van der Waals surface area (Å²) < 4.78 is 29.4. The number of hydrogen-bond acceptors (Lipinski definition) is 5. The lowest BCUT2D eigenvalue weighted by Crippen LogP contribution is -2.51. The quantitative estimate of drug-likeness (QED) is 0.655. The highest BCUT2D eigenvalue weighted by molar-refractivity contribution is 7.91. The minimum atomic E-state index is -3.53. The van der Waals surface area contributed by atoms with Crippen LogP contribution in [0.2, 0.25) is 0 Å². The molecule has 4 aliphatic carbocycles. The first kappa shape index (κ1) is 20.4. The summed E-state index contributed by atoms with van der Waals surface area (Å²) in [6, 6.07) is 8.01. The number of hydrogen-bond donors (Lipinski definition) is 1. The molecule has 4 aliphatic rings. The van der Waals surface area contributed by atoms with Crippen molar-refractivity contribution in [1.82, 2.24) is 5.32 Å². The molecule has 0 unspecified atom stereocenters. The fourth-order valence-corrected chi connectivity index (χ4v) is 7.27. The van der Waals surface area contributed by atoms with Gasteiger partial charge in [0.25, 0.3) is 5.91 Å². The smallest absolute Gasteiger partial charge is 0.307 e. The van der Waals surface area contributed by atoms with Gasteiger partial charge in [-0.1, -0.05) is 18.2 Å². The predicted molar refractivity (Wildman–Crippen MR) is 108 cm³/mol. The average Bonchev–Trinajstić information content (AvgIpc) is 2.69. The Bertz CT molecular complexity index is 829. The molecule has 0 saturated heterocycles. The van der Waals surface area contributed by atoms with E-state index in [-0.39, 0.29) is 35.0 Å². The number of carbonyl (C=O) groups is 2. The highest BCUT2D eigenvalue weighted by Gasteiger charge is 2.50. The third kappa shape index (κ3) is 4.82. The Morgan fingerprint density at radius 1 is 1.00 bits per heavy atom. The molecular weight excluding hydrogens is 390 g/mol. The van der Waals surface area contributed by atoms with Gasteiger partial charge in [-0.15, -0.1) is 0 Å². The molecule has 158 valence electrons. The van der Waals surface area contributed by atoms with E-state index in [9.17, 15) is 18.0 Å². The van der Waals surface area contributed by atoms with Crippen LogP contribution in [0.1, 0.15) is 44.9 Å². The number of nitrogens with one attached hydrogen (secondary N) is 1. The fraction of sp³-hybridized carbons (Fsp3) is 0.636. The standard InChI is InChI=1S/C22H29NO5S/c24-20(23-15-22-11-16-8-17(12-22)10-18(9-16)13-22)14-28-21(25)6-7-29(26,27)19-4-2-1-3-5-19/h1-5,16-18H,6-15H2,(H,23,24). The van der Waals surface area contributed by atoms with Crippen molar-refractivity contribution in [2.24, 2.45) is 23.2 Å². The van der Waals surface area contributed by atoms with Crippen LogP contribution < -0.4 is 5.32 Å². The summed E-state index contributed by atoms with van der Waals surface area (Å²) in [4.78, 5) is 24.2. The Hall–Kier alpha value is -1.89. The van der Waals surface area contributed by atoms with Crippen molar-refractivity contribution < 1.29 is 22.7 Å². The first-order valence-electron chi connectivity index (χ1n) is 10.5. The molecule has 7 heteroatoms. The molecule has 4 bridgehead atoms. The fourth-order valence-electron chi connectivity index (χ4n) is 6.03. The lowest BCUT2D eigenvalue weighted by Gasteiger charge is -2.56. The summed E-state index contributed by atoms with van der Waals surface area (Å²) in [6.07, 6.45) is 7.42. The van der Waals surface area contributed by atoms with Crippen LogP contribution >= 0.6 is 0 Å². The van der Waals surface area contributed by atoms with Crippen LogP contribution in [-0.2, 0) is 24.2 Å². The number of carbonyl (C=O) groups excluding carboxylic acids is 2. The molecule has 4 fully saturated rings. The topological polar surface area (TPSA) is 89.5 Å². The zero-order valence-electron chi connectivity index (χ0n) is 16.6. The third-order valence-corrected chi connectivity index (χ3v) is 8.60. The minimum Gasteiger partial charge on any atom is -0.456 e. The molecule has 1 aromatic carbocycles. The molecule has 4 saturated carbocycles. The molecular formula is C22H29NO5S. The molecule has 1 aromatic rings. The van der Waals surface area contributed by atoms with E-state index in [1.807, 2.05) is 0 Å². The van der Waals surface area contributed by atoms with Gasteiger partial charge >= 0.3 is 5.97 Å². The van der Waals surface area contributed by atoms with Gasteiger partial charge in [0, 0.05) is 6.54 Å². The first-order chi connectivity index (χ1) is 13.8. The average molecular weight is 420 g/mol. The van der Waals surface area contributed by atoms with Crippen LogP contribution in [0.5, 0.6) is 0 Å². The van der Waals surface area contributed by atoms with Gasteiger partial charge < -0.3 is 10.1 Å². The molecule has 0 atom stereocenters. The molecule has 5 rings (SSSR count). The van der Waals surface area contributed by atoms with E-state index in [0.29, 0.717) is 6.54 Å². The second-order valence-corrected chi connectivity index (χ2v) is 11.3. The van der Waals surface area contributed by atoms with Crippen molar-refractivity contribution in [3.05, 3.63) is 30.3 Å². The molecule has 0 spiro atoms. The van der Waals surface area contributed by atoms with Crippen LogP contribution in [0.15, 0.2) is 35.2 Å². The number of ether oxygens (including phenoxy) is 1. The molecule has 1 amide bonds. The maximum atomic E-state index is 12.2. The highest BCUT2D eigenvalue weighted by atomic mass is 32.2. The number of sulfone groups is 1. The van der Waals surface area contributed by atoms with E-state index >= 15 is 0 Å². The van der Waals surface area contributed by atoms with Crippen molar-refractivity contribution in [2.45, 2.75) is 49.8 Å². The van der Waals surface area contributed by atoms with E-state index < -0.39 is 15.8 Å². The van der Waals surface area contributed by atoms with Gasteiger partial charge in [0.2, 0.25) is 0 Å². The largest absolute Gasteiger partial charge is 0.456 e. The van der Waals surface area contributed by atoms with Gasteiger partial charge in [0.05, 0.1) is 17.1 Å². The van der Waals surface area contributed by atoms with Gasteiger partial charge in [-0.2, -0.15) is 0 Å². The zero-order valence-corrected chi connectivity index (χ0v) is 17.5. The molecule has 1 N–H and O–H groups in total. The molecule has 0 radical (unpaired) electrons. The SMILES string of the molecule is O=C(COC(=O)CCS(=O)(=O)c1ccccc1)NCC12CC3CC(CC(C3)C1)C2. The summed E-state index contributed by atoms with van der Waals surface area (Å²) in [5.74, 6) is 1.16. The van der Waals surface area contributed by atoms with Crippen molar-refractivity contribution >= 4 is 21.7 Å². The lowest BCUT2D eigenvalue weighted by molar-refractivity contribution is -0.148. The van der Waals surface area contributed by atoms with Crippen LogP contribution in [0.4, 0.5) is 0 Å². The number of esters is 1. The molecule has 29 heavy (non-hydrogen) atoms. The summed E-state index contributed by atoms with van der Waals surface area (Å²) in [7, 11) is -3.53. The Balaban J connectivity index is 1.19. The summed E-state index contributed by atoms with van der Waals surface area (Å²) in [5, 5.41) is 2.96. The Morgan fingerprint density at radius 2 is 1.59 bits per heavy atom.